The van der Waals surface area contributed by atoms with Crippen LogP contribution in [0.15, 0.2) is 0 Å². The van der Waals surface area contributed by atoms with Crippen LogP contribution < -0.4 is 5.32 Å². The Bertz CT molecular complexity index is 443. The Hall–Kier alpha value is 0.0300. The van der Waals surface area contributed by atoms with Crippen LogP contribution in [0.25, 0.3) is 0 Å². The van der Waals surface area contributed by atoms with E-state index in [-0.39, 0.29) is 6.61 Å². The van der Waals surface area contributed by atoms with Crippen molar-refractivity contribution >= 4 is 7.82 Å². The van der Waals surface area contributed by atoms with Gasteiger partial charge in [0.05, 0.1) is 26.4 Å². The maximum atomic E-state index is 13.2. The van der Waals surface area contributed by atoms with Crippen molar-refractivity contribution in [1.82, 2.24) is 5.32 Å². The summed E-state index contributed by atoms with van der Waals surface area (Å²) in [7, 11) is -3.46. The van der Waals surface area contributed by atoms with Crippen molar-refractivity contribution in [1.29, 1.82) is 0 Å². The highest BCUT2D eigenvalue weighted by Crippen LogP contribution is 2.50. The van der Waals surface area contributed by atoms with Gasteiger partial charge in [-0.1, -0.05) is 123 Å². The van der Waals surface area contributed by atoms with Gasteiger partial charge < -0.3 is 10.4 Å². The fourth-order valence-electron chi connectivity index (χ4n) is 4.20. The van der Waals surface area contributed by atoms with Crippen LogP contribution in [-0.4, -0.2) is 44.6 Å². The van der Waals surface area contributed by atoms with E-state index < -0.39 is 7.82 Å². The zero-order valence-electron chi connectivity index (χ0n) is 24.1. The minimum Gasteiger partial charge on any atom is -0.395 e. The first-order chi connectivity index (χ1) is 17.7. The molecule has 6 nitrogen and oxygen atoms in total. The number of rotatable bonds is 31. The van der Waals surface area contributed by atoms with Crippen LogP contribution in [0.1, 0.15) is 149 Å². The SMILES string of the molecule is CCCCCCCCCOP(=O)(OCCCCCCCCC)OCCCCCCCCCNCCO. The molecule has 0 fully saturated rings. The molecule has 36 heavy (non-hydrogen) atoms. The van der Waals surface area contributed by atoms with E-state index in [0.29, 0.717) is 26.4 Å². The maximum absolute atomic E-state index is 13.2. The molecule has 0 rings (SSSR count). The molecule has 218 valence electrons. The third-order valence-electron chi connectivity index (χ3n) is 6.53. The molecule has 0 aromatic carbocycles. The van der Waals surface area contributed by atoms with Crippen LogP contribution in [0.4, 0.5) is 0 Å². The lowest BCUT2D eigenvalue weighted by Crippen LogP contribution is -2.19. The molecule has 0 aliphatic rings. The molecule has 0 bridgehead atoms. The molecule has 0 radical (unpaired) electrons. The van der Waals surface area contributed by atoms with Crippen molar-refractivity contribution in [3.8, 4) is 0 Å². The highest BCUT2D eigenvalue weighted by atomic mass is 31.2. The highest BCUT2D eigenvalue weighted by molar-refractivity contribution is 7.48. The number of aliphatic hydroxyl groups is 1. The van der Waals surface area contributed by atoms with Crippen molar-refractivity contribution < 1.29 is 23.2 Å². The molecule has 0 aromatic heterocycles. The summed E-state index contributed by atoms with van der Waals surface area (Å²) < 4.78 is 30.3. The zero-order valence-corrected chi connectivity index (χ0v) is 25.0. The molecule has 2 N–H and O–H groups in total. The molecule has 0 aliphatic carbocycles. The van der Waals surface area contributed by atoms with E-state index in [1.165, 1.54) is 96.3 Å². The van der Waals surface area contributed by atoms with Gasteiger partial charge in [-0.05, 0) is 32.2 Å². The number of nitrogens with one attached hydrogen (secondary N) is 1. The molecule has 0 saturated heterocycles. The number of phosphoric acid groups is 1. The molecule has 0 heterocycles. The van der Waals surface area contributed by atoms with Crippen molar-refractivity contribution in [2.75, 3.05) is 39.5 Å². The van der Waals surface area contributed by atoms with Crippen LogP contribution >= 0.6 is 7.82 Å². The van der Waals surface area contributed by atoms with Gasteiger partial charge in [0.25, 0.3) is 0 Å². The number of hydrogen-bond donors (Lipinski definition) is 2. The van der Waals surface area contributed by atoms with E-state index in [2.05, 4.69) is 19.2 Å². The first-order valence-corrected chi connectivity index (χ1v) is 17.0. The predicted molar refractivity (Wildman–Crippen MR) is 154 cm³/mol. The topological polar surface area (TPSA) is 77.0 Å². The second kappa shape index (κ2) is 29.6. The Morgan fingerprint density at radius 3 is 1.19 bits per heavy atom. The minimum absolute atomic E-state index is 0.212. The fraction of sp³-hybridized carbons (Fsp3) is 1.00. The van der Waals surface area contributed by atoms with Gasteiger partial charge in [0.1, 0.15) is 0 Å². The molecule has 0 aromatic rings. The Labute approximate surface area is 224 Å². The average molecular weight is 536 g/mol. The Balaban J connectivity index is 4.02. The number of hydrogen-bond acceptors (Lipinski definition) is 6. The summed E-state index contributed by atoms with van der Waals surface area (Å²) in [6.07, 6.45) is 24.8. The largest absolute Gasteiger partial charge is 0.474 e. The van der Waals surface area contributed by atoms with Crippen LogP contribution in [0.3, 0.4) is 0 Å². The molecular weight excluding hydrogens is 473 g/mol. The minimum atomic E-state index is -3.46. The molecule has 0 unspecified atom stereocenters. The number of phosphoric ester groups is 1. The van der Waals surface area contributed by atoms with Crippen molar-refractivity contribution in [2.45, 2.75) is 149 Å². The summed E-state index contributed by atoms with van der Waals surface area (Å²) in [5.74, 6) is 0. The van der Waals surface area contributed by atoms with Gasteiger partial charge in [-0.25, -0.2) is 4.57 Å². The van der Waals surface area contributed by atoms with E-state index in [0.717, 1.165) is 45.1 Å². The van der Waals surface area contributed by atoms with Crippen molar-refractivity contribution in [2.24, 2.45) is 0 Å². The molecular formula is C29H62NO5P. The van der Waals surface area contributed by atoms with Gasteiger partial charge >= 0.3 is 7.82 Å². The molecule has 7 heteroatoms. The monoisotopic (exact) mass is 535 g/mol. The lowest BCUT2D eigenvalue weighted by atomic mass is 10.1. The highest BCUT2D eigenvalue weighted by Gasteiger charge is 2.26. The number of aliphatic hydroxyl groups excluding tert-OH is 1. The summed E-state index contributed by atoms with van der Waals surface area (Å²) in [5.41, 5.74) is 0. The molecule has 0 amide bonds. The van der Waals surface area contributed by atoms with Crippen LogP contribution in [-0.2, 0) is 18.1 Å². The second-order valence-electron chi connectivity index (χ2n) is 10.1. The Morgan fingerprint density at radius 2 is 0.833 bits per heavy atom. The Morgan fingerprint density at radius 1 is 0.500 bits per heavy atom. The molecule has 0 atom stereocenters. The smallest absolute Gasteiger partial charge is 0.395 e. The molecule has 0 spiro atoms. The average Bonchev–Trinajstić information content (AvgIpc) is 2.88. The quantitative estimate of drug-likeness (QED) is 0.0681. The van der Waals surface area contributed by atoms with Crippen LogP contribution in [0, 0.1) is 0 Å². The summed E-state index contributed by atoms with van der Waals surface area (Å²) in [4.78, 5) is 0. The van der Waals surface area contributed by atoms with Gasteiger partial charge in [-0.2, -0.15) is 0 Å². The fourth-order valence-corrected chi connectivity index (χ4v) is 5.48. The summed E-state index contributed by atoms with van der Waals surface area (Å²) in [6.45, 7) is 7.71. The number of unbranched alkanes of at least 4 members (excludes halogenated alkanes) is 18. The van der Waals surface area contributed by atoms with Gasteiger partial charge in [0.2, 0.25) is 0 Å². The maximum Gasteiger partial charge on any atom is 0.474 e. The van der Waals surface area contributed by atoms with Crippen molar-refractivity contribution in [3.05, 3.63) is 0 Å². The van der Waals surface area contributed by atoms with E-state index in [1.54, 1.807) is 0 Å². The first kappa shape index (κ1) is 36.0. The summed E-state index contributed by atoms with van der Waals surface area (Å²) >= 11 is 0. The van der Waals surface area contributed by atoms with Gasteiger partial charge in [-0.3, -0.25) is 13.6 Å². The Kier molecular flexibility index (Phi) is 29.6. The lowest BCUT2D eigenvalue weighted by molar-refractivity contribution is 0.108. The zero-order chi connectivity index (χ0) is 26.4. The van der Waals surface area contributed by atoms with E-state index >= 15 is 0 Å². The lowest BCUT2D eigenvalue weighted by Gasteiger charge is -2.18. The third-order valence-corrected chi connectivity index (χ3v) is 8.03. The standard InChI is InChI=1S/C29H62NO5P/c1-3-5-7-9-13-17-21-27-33-36(32,34-28-22-18-14-10-8-6-4-2)35-29-23-19-15-11-12-16-20-24-30-25-26-31/h30-31H,3-29H2,1-2H3. The van der Waals surface area contributed by atoms with Crippen molar-refractivity contribution in [3.63, 3.8) is 0 Å². The predicted octanol–water partition coefficient (Wildman–Crippen LogP) is 8.96. The first-order valence-electron chi connectivity index (χ1n) is 15.5. The van der Waals surface area contributed by atoms with E-state index in [4.69, 9.17) is 18.7 Å². The van der Waals surface area contributed by atoms with E-state index in [9.17, 15) is 4.57 Å². The molecule has 0 aliphatic heterocycles. The van der Waals surface area contributed by atoms with Gasteiger partial charge in [0.15, 0.2) is 0 Å². The van der Waals surface area contributed by atoms with Crippen LogP contribution in [0.5, 0.6) is 0 Å². The normalized spacial score (nSPS) is 12.0. The van der Waals surface area contributed by atoms with Crippen LogP contribution in [0.2, 0.25) is 0 Å². The van der Waals surface area contributed by atoms with E-state index in [1.807, 2.05) is 0 Å². The van der Waals surface area contributed by atoms with Gasteiger partial charge in [-0.15, -0.1) is 0 Å². The third kappa shape index (κ3) is 27.1. The molecule has 0 saturated carbocycles. The van der Waals surface area contributed by atoms with Gasteiger partial charge in [0, 0.05) is 6.54 Å². The summed E-state index contributed by atoms with van der Waals surface area (Å²) in [6, 6.07) is 0. The second-order valence-corrected chi connectivity index (χ2v) is 11.8. The summed E-state index contributed by atoms with van der Waals surface area (Å²) in [5, 5.41) is 12.0.